The van der Waals surface area contributed by atoms with E-state index in [1.54, 1.807) is 0 Å². The first-order chi connectivity index (χ1) is 20.3. The highest BCUT2D eigenvalue weighted by Crippen LogP contribution is 2.45. The minimum atomic E-state index is 0.916. The van der Waals surface area contributed by atoms with E-state index in [-0.39, 0.29) is 0 Å². The maximum absolute atomic E-state index is 6.77. The number of benzene rings is 7. The van der Waals surface area contributed by atoms with Gasteiger partial charge in [-0.05, 0) is 67.7 Å². The largest absolute Gasteiger partial charge is 0.455 e. The molecule has 0 N–H and O–H groups in total. The van der Waals surface area contributed by atoms with E-state index in [1.165, 1.54) is 43.3 Å². The van der Waals surface area contributed by atoms with Crippen LogP contribution in [0.2, 0.25) is 0 Å². The Morgan fingerprint density at radius 1 is 0.415 bits per heavy atom. The highest BCUT2D eigenvalue weighted by atomic mass is 16.3. The second-order valence-corrected chi connectivity index (χ2v) is 10.7. The Morgan fingerprint density at radius 3 is 1.85 bits per heavy atom. The Kier molecular flexibility index (Phi) is 4.64. The number of aromatic nitrogens is 1. The first kappa shape index (κ1) is 22.4. The molecule has 0 aliphatic heterocycles. The van der Waals surface area contributed by atoms with Crippen LogP contribution in [0.15, 0.2) is 144 Å². The van der Waals surface area contributed by atoms with Crippen LogP contribution in [0.1, 0.15) is 0 Å². The van der Waals surface area contributed by atoms with Crippen LogP contribution in [-0.2, 0) is 0 Å². The van der Waals surface area contributed by atoms with Crippen molar-refractivity contribution in [3.63, 3.8) is 0 Å². The topological polar surface area (TPSA) is 26.0 Å². The first-order valence-electron chi connectivity index (χ1n) is 14.0. The van der Waals surface area contributed by atoms with Crippen molar-refractivity contribution in [3.05, 3.63) is 140 Å². The third-order valence-corrected chi connectivity index (χ3v) is 8.47. The zero-order valence-corrected chi connectivity index (χ0v) is 22.1. The van der Waals surface area contributed by atoms with E-state index >= 15 is 0 Å². The lowest BCUT2D eigenvalue weighted by Crippen LogP contribution is -1.89. The number of furan rings is 1. The summed E-state index contributed by atoms with van der Waals surface area (Å²) in [5.41, 5.74) is 7.46. The Hall–Kier alpha value is -5.47. The van der Waals surface area contributed by atoms with Crippen molar-refractivity contribution in [1.82, 2.24) is 4.98 Å². The van der Waals surface area contributed by atoms with Crippen LogP contribution in [0.5, 0.6) is 0 Å². The number of para-hydroxylation sites is 1. The van der Waals surface area contributed by atoms with Gasteiger partial charge in [0.25, 0.3) is 0 Å². The molecular formula is C39H23NO. The average Bonchev–Trinajstić information content (AvgIpc) is 3.41. The Morgan fingerprint density at radius 2 is 1.05 bits per heavy atom. The van der Waals surface area contributed by atoms with Gasteiger partial charge in [-0.1, -0.05) is 109 Å². The molecule has 190 valence electrons. The molecule has 2 heteroatoms. The molecule has 0 spiro atoms. The van der Waals surface area contributed by atoms with Crippen molar-refractivity contribution in [2.45, 2.75) is 0 Å². The summed E-state index contributed by atoms with van der Waals surface area (Å²) in [4.78, 5) is 4.75. The maximum atomic E-state index is 6.77. The third kappa shape index (κ3) is 3.28. The molecule has 9 aromatic rings. The highest BCUT2D eigenvalue weighted by Gasteiger charge is 2.19. The predicted molar refractivity (Wildman–Crippen MR) is 172 cm³/mol. The fourth-order valence-electron chi connectivity index (χ4n) is 6.60. The Bertz CT molecular complexity index is 2480. The lowest BCUT2D eigenvalue weighted by atomic mass is 9.89. The van der Waals surface area contributed by atoms with Gasteiger partial charge in [0.1, 0.15) is 11.2 Å². The molecule has 2 aromatic heterocycles. The maximum Gasteiger partial charge on any atom is 0.143 e. The SMILES string of the molecule is c1ccc2cc3c(cc2c1)oc1c(-c2ccc(-c4cccc5cccnc45)c4ccccc24)cc2ccccc2c13. The minimum Gasteiger partial charge on any atom is -0.455 e. The molecule has 0 fully saturated rings. The van der Waals surface area contributed by atoms with Crippen molar-refractivity contribution in [1.29, 1.82) is 0 Å². The zero-order valence-electron chi connectivity index (χ0n) is 22.1. The van der Waals surface area contributed by atoms with E-state index in [1.807, 2.05) is 12.3 Å². The van der Waals surface area contributed by atoms with E-state index in [4.69, 9.17) is 9.40 Å². The molecule has 0 unspecified atom stereocenters. The number of pyridine rings is 1. The fourth-order valence-corrected chi connectivity index (χ4v) is 6.60. The summed E-state index contributed by atoms with van der Waals surface area (Å²) in [6.07, 6.45) is 1.87. The second kappa shape index (κ2) is 8.51. The summed E-state index contributed by atoms with van der Waals surface area (Å²) in [5.74, 6) is 0. The molecule has 9 rings (SSSR count). The molecule has 0 aliphatic rings. The van der Waals surface area contributed by atoms with Gasteiger partial charge in [-0.15, -0.1) is 0 Å². The van der Waals surface area contributed by atoms with Crippen LogP contribution in [-0.4, -0.2) is 4.98 Å². The number of fused-ring (bicyclic) bond motifs is 8. The summed E-state index contributed by atoms with van der Waals surface area (Å²) in [5, 5.41) is 10.7. The van der Waals surface area contributed by atoms with Gasteiger partial charge in [-0.2, -0.15) is 0 Å². The number of hydrogen-bond acceptors (Lipinski definition) is 2. The van der Waals surface area contributed by atoms with Crippen LogP contribution >= 0.6 is 0 Å². The van der Waals surface area contributed by atoms with Crippen LogP contribution in [0.4, 0.5) is 0 Å². The van der Waals surface area contributed by atoms with Gasteiger partial charge < -0.3 is 4.42 Å². The van der Waals surface area contributed by atoms with Crippen LogP contribution < -0.4 is 0 Å². The molecule has 0 atom stereocenters. The molecule has 7 aromatic carbocycles. The van der Waals surface area contributed by atoms with Crippen molar-refractivity contribution in [3.8, 4) is 22.3 Å². The third-order valence-electron chi connectivity index (χ3n) is 8.47. The monoisotopic (exact) mass is 521 g/mol. The Balaban J connectivity index is 1.39. The summed E-state index contributed by atoms with van der Waals surface area (Å²) >= 11 is 0. The van der Waals surface area contributed by atoms with Gasteiger partial charge in [0.05, 0.1) is 5.52 Å². The fraction of sp³-hybridized carbons (Fsp3) is 0. The molecule has 0 aliphatic carbocycles. The van der Waals surface area contributed by atoms with Gasteiger partial charge in [0, 0.05) is 33.5 Å². The van der Waals surface area contributed by atoms with Crippen LogP contribution in [0, 0.1) is 0 Å². The van der Waals surface area contributed by atoms with Gasteiger partial charge >= 0.3 is 0 Å². The average molecular weight is 522 g/mol. The van der Waals surface area contributed by atoms with E-state index in [9.17, 15) is 0 Å². The standard InChI is InChI=1S/C39H23NO/c1-2-10-26-23-36-35(21-25(26)9-1)37-28-14-4-3-11-27(28)22-34(39(37)41-36)32-19-18-31(29-15-5-6-16-30(29)32)33-17-7-12-24-13-8-20-40-38(24)33/h1-23H. The molecule has 0 saturated heterocycles. The van der Waals surface area contributed by atoms with Crippen molar-refractivity contribution in [2.75, 3.05) is 0 Å². The number of rotatable bonds is 2. The highest BCUT2D eigenvalue weighted by molar-refractivity contribution is 6.25. The van der Waals surface area contributed by atoms with Crippen molar-refractivity contribution >= 4 is 65.2 Å². The van der Waals surface area contributed by atoms with E-state index in [2.05, 4.69) is 127 Å². The van der Waals surface area contributed by atoms with Gasteiger partial charge in [-0.3, -0.25) is 4.98 Å². The molecule has 41 heavy (non-hydrogen) atoms. The molecule has 2 nitrogen and oxygen atoms in total. The van der Waals surface area contributed by atoms with Crippen molar-refractivity contribution < 1.29 is 4.42 Å². The first-order valence-corrected chi connectivity index (χ1v) is 14.0. The normalized spacial score (nSPS) is 11.9. The summed E-state index contributed by atoms with van der Waals surface area (Å²) in [6.45, 7) is 0. The predicted octanol–water partition coefficient (Wildman–Crippen LogP) is 10.9. The molecule has 0 radical (unpaired) electrons. The van der Waals surface area contributed by atoms with Crippen molar-refractivity contribution in [2.24, 2.45) is 0 Å². The van der Waals surface area contributed by atoms with Crippen LogP contribution in [0.25, 0.3) is 87.4 Å². The smallest absolute Gasteiger partial charge is 0.143 e. The quantitative estimate of drug-likeness (QED) is 0.226. The number of nitrogens with zero attached hydrogens (tertiary/aromatic N) is 1. The van der Waals surface area contributed by atoms with Gasteiger partial charge in [0.15, 0.2) is 0 Å². The second-order valence-electron chi connectivity index (χ2n) is 10.7. The van der Waals surface area contributed by atoms with E-state index in [0.717, 1.165) is 44.1 Å². The summed E-state index contributed by atoms with van der Waals surface area (Å²) in [7, 11) is 0. The molecule has 0 saturated carbocycles. The zero-order chi connectivity index (χ0) is 26.9. The Labute approximate surface area is 236 Å². The molecular weight excluding hydrogens is 498 g/mol. The molecule has 0 bridgehead atoms. The summed E-state index contributed by atoms with van der Waals surface area (Å²) < 4.78 is 6.77. The van der Waals surface area contributed by atoms with E-state index < -0.39 is 0 Å². The van der Waals surface area contributed by atoms with Crippen LogP contribution in [0.3, 0.4) is 0 Å². The van der Waals surface area contributed by atoms with E-state index in [0.29, 0.717) is 0 Å². The van der Waals surface area contributed by atoms with Gasteiger partial charge in [0.2, 0.25) is 0 Å². The van der Waals surface area contributed by atoms with Gasteiger partial charge in [-0.25, -0.2) is 0 Å². The summed E-state index contributed by atoms with van der Waals surface area (Å²) in [6, 6.07) is 47.6. The lowest BCUT2D eigenvalue weighted by molar-refractivity contribution is 0.671. The molecule has 0 amide bonds. The number of hydrogen-bond donors (Lipinski definition) is 0. The molecule has 2 heterocycles. The lowest BCUT2D eigenvalue weighted by Gasteiger charge is -2.14. The minimum absolute atomic E-state index is 0.916.